The molecule has 3 saturated carbocycles. The number of Topliss-reactive ketones (excluding diaryl/α,β-unsaturated/α-hetero) is 1. The van der Waals surface area contributed by atoms with Crippen molar-refractivity contribution in [2.45, 2.75) is 75.0 Å². The maximum absolute atomic E-state index is 13.2. The predicted molar refractivity (Wildman–Crippen MR) is 119 cm³/mol. The average Bonchev–Trinajstić information content (AvgIpc) is 2.90. The number of fused-ring (bicyclic) bond motifs is 5. The molecule has 0 radical (unpaired) electrons. The Morgan fingerprint density at radius 1 is 1.28 bits per heavy atom. The number of aliphatic hydroxyl groups is 3. The van der Waals surface area contributed by atoms with Crippen LogP contribution in [0.25, 0.3) is 0 Å². The van der Waals surface area contributed by atoms with Gasteiger partial charge in [-0.1, -0.05) is 48.4 Å². The molecule has 4 rings (SSSR count). The second kappa shape index (κ2) is 7.32. The van der Waals surface area contributed by atoms with E-state index in [0.717, 1.165) is 5.57 Å². The first-order valence-electron chi connectivity index (χ1n) is 11.2. The van der Waals surface area contributed by atoms with Gasteiger partial charge in [0.05, 0.1) is 16.8 Å². The highest BCUT2D eigenvalue weighted by Crippen LogP contribution is 2.72. The van der Waals surface area contributed by atoms with Crippen molar-refractivity contribution < 1.29 is 34.8 Å². The van der Waals surface area contributed by atoms with Crippen LogP contribution in [-0.2, 0) is 14.4 Å². The van der Waals surface area contributed by atoms with Gasteiger partial charge in [-0.2, -0.15) is 0 Å². The second-order valence-corrected chi connectivity index (χ2v) is 12.0. The number of carboxylic acid groups (broad SMARTS) is 1. The van der Waals surface area contributed by atoms with Crippen molar-refractivity contribution in [3.8, 4) is 0 Å². The first kappa shape index (κ1) is 23.8. The summed E-state index contributed by atoms with van der Waals surface area (Å²) in [6.07, 6.45) is 3.51. The Hall–Kier alpha value is -1.35. The zero-order chi connectivity index (χ0) is 23.9. The summed E-state index contributed by atoms with van der Waals surface area (Å²) < 4.78 is -0.779. The van der Waals surface area contributed by atoms with Crippen LogP contribution in [0.2, 0.25) is 0 Å². The molecule has 0 aromatic carbocycles. The number of carbonyl (C=O) groups is 3. The van der Waals surface area contributed by atoms with E-state index in [-0.39, 0.29) is 24.0 Å². The Morgan fingerprint density at radius 2 is 1.94 bits per heavy atom. The summed E-state index contributed by atoms with van der Waals surface area (Å²) in [7, 11) is 0. The fourth-order valence-corrected chi connectivity index (χ4v) is 8.68. The van der Waals surface area contributed by atoms with Gasteiger partial charge in [0, 0.05) is 10.8 Å². The summed E-state index contributed by atoms with van der Waals surface area (Å²) in [6, 6.07) is 0. The molecule has 0 bridgehead atoms. The van der Waals surface area contributed by atoms with Crippen LogP contribution in [0, 0.1) is 28.6 Å². The SMILES string of the molecule is C[C@@H]1C[C@H]2[C@@H]3CCC4=CC(=O)C=C[C@]4(C)[C@@]3(Br)[C@@H](O)C[C@]2(C)[C@@]1(O)C(=O)C(O)CC(=O)O. The first-order valence-corrected chi connectivity index (χ1v) is 12.0. The lowest BCUT2D eigenvalue weighted by atomic mass is 9.46. The Balaban J connectivity index is 1.77. The number of ketones is 2. The molecule has 0 saturated heterocycles. The quantitative estimate of drug-likeness (QED) is 0.426. The lowest BCUT2D eigenvalue weighted by Crippen LogP contribution is -2.69. The van der Waals surface area contributed by atoms with E-state index in [9.17, 15) is 29.7 Å². The van der Waals surface area contributed by atoms with Crippen LogP contribution in [0.5, 0.6) is 0 Å². The van der Waals surface area contributed by atoms with Gasteiger partial charge in [0.15, 0.2) is 11.6 Å². The molecule has 0 spiro atoms. The van der Waals surface area contributed by atoms with Crippen LogP contribution in [0.1, 0.15) is 52.9 Å². The molecule has 0 heterocycles. The van der Waals surface area contributed by atoms with Crippen LogP contribution in [0.15, 0.2) is 23.8 Å². The highest BCUT2D eigenvalue weighted by molar-refractivity contribution is 9.10. The predicted octanol–water partition coefficient (Wildman–Crippen LogP) is 2.16. The topological polar surface area (TPSA) is 132 Å². The molecule has 7 nitrogen and oxygen atoms in total. The third-order valence-corrected chi connectivity index (χ3v) is 11.2. The van der Waals surface area contributed by atoms with E-state index in [4.69, 9.17) is 5.11 Å². The van der Waals surface area contributed by atoms with Crippen molar-refractivity contribution >= 4 is 33.5 Å². The Labute approximate surface area is 195 Å². The number of carbonyl (C=O) groups excluding carboxylic acids is 2. The molecule has 0 aliphatic heterocycles. The number of rotatable bonds is 4. The Morgan fingerprint density at radius 3 is 2.56 bits per heavy atom. The molecule has 0 aromatic rings. The van der Waals surface area contributed by atoms with Gasteiger partial charge in [0.2, 0.25) is 0 Å². The van der Waals surface area contributed by atoms with Crippen LogP contribution in [0.4, 0.5) is 0 Å². The van der Waals surface area contributed by atoms with Crippen LogP contribution < -0.4 is 0 Å². The number of aliphatic hydroxyl groups excluding tert-OH is 2. The Bertz CT molecular complexity index is 943. The fraction of sp³-hybridized carbons (Fsp3) is 0.708. The van der Waals surface area contributed by atoms with Gasteiger partial charge >= 0.3 is 5.97 Å². The molecule has 0 aromatic heterocycles. The summed E-state index contributed by atoms with van der Waals surface area (Å²) in [5.41, 5.74) is -2.61. The van der Waals surface area contributed by atoms with E-state index in [2.05, 4.69) is 15.9 Å². The van der Waals surface area contributed by atoms with Gasteiger partial charge in [-0.25, -0.2) is 0 Å². The monoisotopic (exact) mass is 510 g/mol. The number of carboxylic acids is 1. The molecule has 8 heteroatoms. The van der Waals surface area contributed by atoms with Gasteiger partial charge in [-0.15, -0.1) is 0 Å². The summed E-state index contributed by atoms with van der Waals surface area (Å²) >= 11 is 3.93. The minimum absolute atomic E-state index is 0.0657. The van der Waals surface area contributed by atoms with Crippen molar-refractivity contribution in [3.63, 3.8) is 0 Å². The molecule has 0 amide bonds. The summed E-state index contributed by atoms with van der Waals surface area (Å²) in [6.45, 7) is 5.56. The molecule has 9 atom stereocenters. The van der Waals surface area contributed by atoms with Crippen molar-refractivity contribution in [1.29, 1.82) is 0 Å². The Kier molecular flexibility index (Phi) is 5.45. The highest BCUT2D eigenvalue weighted by Gasteiger charge is 2.74. The van der Waals surface area contributed by atoms with Gasteiger partial charge in [0.25, 0.3) is 0 Å². The van der Waals surface area contributed by atoms with Crippen molar-refractivity contribution in [1.82, 2.24) is 0 Å². The molecule has 4 N–H and O–H groups in total. The van der Waals surface area contributed by atoms with E-state index in [1.165, 1.54) is 6.08 Å². The van der Waals surface area contributed by atoms with Crippen LogP contribution in [0.3, 0.4) is 0 Å². The number of hydrogen-bond donors (Lipinski definition) is 4. The lowest BCUT2D eigenvalue weighted by Gasteiger charge is -2.64. The molecule has 4 aliphatic carbocycles. The van der Waals surface area contributed by atoms with Crippen LogP contribution >= 0.6 is 15.9 Å². The standard InChI is InChI=1S/C24H31BrO7/c1-12-8-16-15-5-4-13-9-14(26)6-7-21(13,2)23(15,25)18(28)11-22(16,3)24(12,32)20(31)17(27)10-19(29)30/h6-7,9,12,15-18,27-28,32H,4-5,8,10-11H2,1-3H3,(H,29,30)/t12-,15+,16+,17?,18+,21+,22+,23+,24+/m1/s1. The van der Waals surface area contributed by atoms with Crippen LogP contribution in [-0.4, -0.2) is 60.1 Å². The number of hydrogen-bond acceptors (Lipinski definition) is 6. The zero-order valence-corrected chi connectivity index (χ0v) is 20.1. The zero-order valence-electron chi connectivity index (χ0n) is 18.5. The van der Waals surface area contributed by atoms with E-state index in [0.29, 0.717) is 19.3 Å². The van der Waals surface area contributed by atoms with E-state index >= 15 is 0 Å². The third kappa shape index (κ3) is 2.79. The highest BCUT2D eigenvalue weighted by atomic mass is 79.9. The maximum Gasteiger partial charge on any atom is 0.306 e. The van der Waals surface area contributed by atoms with Gasteiger partial charge in [0.1, 0.15) is 11.7 Å². The first-order chi connectivity index (χ1) is 14.7. The number of halogens is 1. The number of allylic oxidation sites excluding steroid dienone is 4. The number of alkyl halides is 1. The van der Waals surface area contributed by atoms with E-state index in [1.54, 1.807) is 19.9 Å². The minimum Gasteiger partial charge on any atom is -0.481 e. The molecule has 3 fully saturated rings. The van der Waals surface area contributed by atoms with Gasteiger partial charge in [-0.3, -0.25) is 14.4 Å². The van der Waals surface area contributed by atoms with Gasteiger partial charge < -0.3 is 20.4 Å². The molecule has 1 unspecified atom stereocenters. The van der Waals surface area contributed by atoms with Gasteiger partial charge in [-0.05, 0) is 55.6 Å². The lowest BCUT2D eigenvalue weighted by molar-refractivity contribution is -0.184. The molecular weight excluding hydrogens is 480 g/mol. The number of aliphatic carboxylic acids is 1. The maximum atomic E-state index is 13.2. The molecule has 4 aliphatic rings. The van der Waals surface area contributed by atoms with Crippen molar-refractivity contribution in [3.05, 3.63) is 23.8 Å². The summed E-state index contributed by atoms with van der Waals surface area (Å²) in [5, 5.41) is 42.7. The normalized spacial score (nSPS) is 48.3. The average molecular weight is 511 g/mol. The molecule has 176 valence electrons. The fourth-order valence-electron chi connectivity index (χ4n) is 7.58. The molecule has 32 heavy (non-hydrogen) atoms. The summed E-state index contributed by atoms with van der Waals surface area (Å²) in [4.78, 5) is 36.3. The van der Waals surface area contributed by atoms with Crippen molar-refractivity contribution in [2.24, 2.45) is 28.6 Å². The summed E-state index contributed by atoms with van der Waals surface area (Å²) in [5.74, 6) is -3.01. The largest absolute Gasteiger partial charge is 0.481 e. The van der Waals surface area contributed by atoms with E-state index in [1.807, 2.05) is 13.0 Å². The van der Waals surface area contributed by atoms with Crippen molar-refractivity contribution in [2.75, 3.05) is 0 Å². The third-order valence-electron chi connectivity index (χ3n) is 9.27. The minimum atomic E-state index is -1.95. The van der Waals surface area contributed by atoms with E-state index < -0.39 is 57.1 Å². The smallest absolute Gasteiger partial charge is 0.306 e. The molecular formula is C24H31BrO7. The second-order valence-electron chi connectivity index (χ2n) is 10.6.